The van der Waals surface area contributed by atoms with E-state index in [-0.39, 0.29) is 29.4 Å². The van der Waals surface area contributed by atoms with E-state index in [9.17, 15) is 29.1 Å². The molecule has 1 saturated heterocycles. The summed E-state index contributed by atoms with van der Waals surface area (Å²) in [6, 6.07) is 3.80. The summed E-state index contributed by atoms with van der Waals surface area (Å²) in [7, 11) is 0. The zero-order valence-corrected chi connectivity index (χ0v) is 28.1. The minimum atomic E-state index is -1.09. The average Bonchev–Trinajstić information content (AvgIpc) is 3.67. The van der Waals surface area contributed by atoms with Crippen LogP contribution in [0.15, 0.2) is 24.3 Å². The summed E-state index contributed by atoms with van der Waals surface area (Å²) in [5.41, 5.74) is 5.01. The number of Topliss-reactive ketones (excluding diaryl/α,β-unsaturated/α-hetero) is 1. The van der Waals surface area contributed by atoms with Crippen LogP contribution in [0, 0.1) is 23.2 Å². The summed E-state index contributed by atoms with van der Waals surface area (Å²) in [5.74, 6) is -2.11. The molecule has 1 aliphatic heterocycles. The van der Waals surface area contributed by atoms with Crippen LogP contribution in [0.2, 0.25) is 0 Å². The first-order valence-electron chi connectivity index (χ1n) is 16.9. The molecule has 3 aliphatic rings. The molecule has 6 N–H and O–H groups in total. The Bertz CT molecular complexity index is 1300. The van der Waals surface area contributed by atoms with Crippen LogP contribution in [0.5, 0.6) is 5.75 Å². The first-order chi connectivity index (χ1) is 21.6. The number of nitrogens with one attached hydrogen (secondary N) is 3. The summed E-state index contributed by atoms with van der Waals surface area (Å²) in [6.45, 7) is 10.1. The molecule has 3 fully saturated rings. The van der Waals surface area contributed by atoms with Crippen molar-refractivity contribution in [2.75, 3.05) is 6.54 Å². The number of amides is 5. The van der Waals surface area contributed by atoms with Gasteiger partial charge in [-0.2, -0.15) is 0 Å². The predicted molar refractivity (Wildman–Crippen MR) is 174 cm³/mol. The Morgan fingerprint density at radius 1 is 1.04 bits per heavy atom. The van der Waals surface area contributed by atoms with Crippen molar-refractivity contribution in [3.63, 3.8) is 0 Å². The highest BCUT2D eigenvalue weighted by Crippen LogP contribution is 2.36. The molecular formula is C35H53N5O6. The zero-order chi connectivity index (χ0) is 33.8. The number of phenolic OH excluding ortho intramolecular Hbond substituents is 1. The van der Waals surface area contributed by atoms with Crippen molar-refractivity contribution < 1.29 is 29.1 Å². The minimum Gasteiger partial charge on any atom is -0.508 e. The third-order valence-corrected chi connectivity index (χ3v) is 10.0. The molecule has 4 rings (SSSR count). The second-order valence-corrected chi connectivity index (χ2v) is 15.3. The summed E-state index contributed by atoms with van der Waals surface area (Å²) in [4.78, 5) is 67.7. The van der Waals surface area contributed by atoms with Crippen LogP contribution in [-0.4, -0.2) is 69.8 Å². The number of benzene rings is 1. The maximum atomic E-state index is 14.4. The molecule has 0 radical (unpaired) electrons. The first kappa shape index (κ1) is 35.2. The molecule has 2 aliphatic carbocycles. The number of ketones is 1. The standard InChI is InChI=1S/C35H53N5O6/c1-21(2)24-18-27(31(44)37-26(17-22-12-13-22)28(42)30(36)43)40(20-24)32(45)29(34(3,4)5)38-33(46)39-35(14-7-6-8-15-35)19-23-10-9-11-25(41)16-23/h9-11,16,21-22,24,26-27,29,41H,6-8,12-15,17-20H2,1-5H3,(H2,36,43)(H,37,44)(H2,38,39,46)/t24-,26?,27+,29-/m1/s1. The van der Waals surface area contributed by atoms with Gasteiger partial charge in [0.25, 0.3) is 5.91 Å². The number of phenols is 1. The Kier molecular flexibility index (Phi) is 11.0. The van der Waals surface area contributed by atoms with Crippen LogP contribution < -0.4 is 21.7 Å². The fourth-order valence-corrected chi connectivity index (χ4v) is 7.06. The Labute approximate surface area is 272 Å². The number of hydrogen-bond donors (Lipinski definition) is 5. The van der Waals surface area contributed by atoms with E-state index in [1.165, 1.54) is 0 Å². The van der Waals surface area contributed by atoms with Crippen molar-refractivity contribution in [3.05, 3.63) is 29.8 Å². The molecular weight excluding hydrogens is 586 g/mol. The van der Waals surface area contributed by atoms with E-state index in [0.717, 1.165) is 50.5 Å². The molecule has 1 aromatic carbocycles. The summed E-state index contributed by atoms with van der Waals surface area (Å²) in [6.07, 6.45) is 7.72. The van der Waals surface area contributed by atoms with Gasteiger partial charge in [0.2, 0.25) is 17.6 Å². The van der Waals surface area contributed by atoms with E-state index < -0.39 is 52.7 Å². The van der Waals surface area contributed by atoms with Crippen LogP contribution in [0.4, 0.5) is 4.79 Å². The Morgan fingerprint density at radius 2 is 1.72 bits per heavy atom. The van der Waals surface area contributed by atoms with Crippen molar-refractivity contribution in [2.24, 2.45) is 28.9 Å². The van der Waals surface area contributed by atoms with Crippen molar-refractivity contribution in [1.82, 2.24) is 20.9 Å². The molecule has 0 aromatic heterocycles. The molecule has 46 heavy (non-hydrogen) atoms. The normalized spacial score (nSPS) is 22.5. The van der Waals surface area contributed by atoms with Crippen LogP contribution in [-0.2, 0) is 25.6 Å². The molecule has 4 atom stereocenters. The lowest BCUT2D eigenvalue weighted by Gasteiger charge is -2.40. The lowest BCUT2D eigenvalue weighted by Crippen LogP contribution is -2.62. The van der Waals surface area contributed by atoms with E-state index in [1.807, 2.05) is 40.7 Å². The highest BCUT2D eigenvalue weighted by atomic mass is 16.3. The van der Waals surface area contributed by atoms with Gasteiger partial charge in [-0.25, -0.2) is 4.79 Å². The van der Waals surface area contributed by atoms with Gasteiger partial charge < -0.3 is 31.7 Å². The van der Waals surface area contributed by atoms with Crippen molar-refractivity contribution in [2.45, 2.75) is 122 Å². The fraction of sp³-hybridized carbons (Fsp3) is 0.686. The molecule has 5 amide bonds. The molecule has 1 unspecified atom stereocenters. The number of urea groups is 1. The SMILES string of the molecule is CC(C)[C@@H]1C[C@@H](C(=O)NC(CC2CC2)C(=O)C(N)=O)N(C(=O)[C@@H](NC(=O)NC2(Cc3cccc(O)c3)CCCCC2)C(C)(C)C)C1. The summed E-state index contributed by atoms with van der Waals surface area (Å²) < 4.78 is 0. The number of aromatic hydroxyl groups is 1. The molecule has 0 spiro atoms. The third kappa shape index (κ3) is 9.00. The van der Waals surface area contributed by atoms with Gasteiger partial charge in [-0.05, 0) is 73.0 Å². The average molecular weight is 640 g/mol. The van der Waals surface area contributed by atoms with Gasteiger partial charge in [0.15, 0.2) is 0 Å². The Hall–Kier alpha value is -3.63. The number of carbonyl (C=O) groups is 5. The number of likely N-dealkylation sites (tertiary alicyclic amines) is 1. The first-order valence-corrected chi connectivity index (χ1v) is 16.9. The van der Waals surface area contributed by atoms with Crippen LogP contribution in [0.25, 0.3) is 0 Å². The largest absolute Gasteiger partial charge is 0.508 e. The number of rotatable bonds is 12. The van der Waals surface area contributed by atoms with Gasteiger partial charge in [-0.15, -0.1) is 0 Å². The molecule has 0 bridgehead atoms. The minimum absolute atomic E-state index is 0.0377. The van der Waals surface area contributed by atoms with Gasteiger partial charge >= 0.3 is 6.03 Å². The number of primary amides is 1. The van der Waals surface area contributed by atoms with Gasteiger partial charge in [0.05, 0.1) is 6.04 Å². The lowest BCUT2D eigenvalue weighted by atomic mass is 9.77. The maximum absolute atomic E-state index is 14.4. The van der Waals surface area contributed by atoms with E-state index in [0.29, 0.717) is 25.8 Å². The van der Waals surface area contributed by atoms with E-state index in [2.05, 4.69) is 16.0 Å². The van der Waals surface area contributed by atoms with Gasteiger partial charge in [0, 0.05) is 12.1 Å². The van der Waals surface area contributed by atoms with Gasteiger partial charge in [-0.1, -0.05) is 78.9 Å². The Morgan fingerprint density at radius 3 is 2.28 bits per heavy atom. The number of carbonyl (C=O) groups excluding carboxylic acids is 5. The zero-order valence-electron chi connectivity index (χ0n) is 28.1. The number of hydrogen-bond acceptors (Lipinski definition) is 6. The monoisotopic (exact) mass is 639 g/mol. The molecule has 254 valence electrons. The lowest BCUT2D eigenvalue weighted by molar-refractivity contribution is -0.143. The van der Waals surface area contributed by atoms with Gasteiger partial charge in [-0.3, -0.25) is 19.2 Å². The quantitative estimate of drug-likeness (QED) is 0.219. The molecule has 2 saturated carbocycles. The highest BCUT2D eigenvalue weighted by molar-refractivity contribution is 6.37. The Balaban J connectivity index is 1.53. The topological polar surface area (TPSA) is 171 Å². The second-order valence-electron chi connectivity index (χ2n) is 15.3. The summed E-state index contributed by atoms with van der Waals surface area (Å²) >= 11 is 0. The summed E-state index contributed by atoms with van der Waals surface area (Å²) in [5, 5.41) is 19.0. The van der Waals surface area contributed by atoms with Crippen LogP contribution in [0.3, 0.4) is 0 Å². The van der Waals surface area contributed by atoms with Crippen LogP contribution in [0.1, 0.15) is 98.0 Å². The fourth-order valence-electron chi connectivity index (χ4n) is 7.06. The predicted octanol–water partition coefficient (Wildman–Crippen LogP) is 3.56. The van der Waals surface area contributed by atoms with E-state index in [4.69, 9.17) is 5.73 Å². The van der Waals surface area contributed by atoms with E-state index >= 15 is 0 Å². The van der Waals surface area contributed by atoms with Crippen molar-refractivity contribution in [1.29, 1.82) is 0 Å². The molecule has 11 heteroatoms. The second kappa shape index (κ2) is 14.4. The van der Waals surface area contributed by atoms with E-state index in [1.54, 1.807) is 23.1 Å². The van der Waals surface area contributed by atoms with Crippen molar-refractivity contribution in [3.8, 4) is 5.75 Å². The molecule has 1 heterocycles. The molecule has 1 aromatic rings. The maximum Gasteiger partial charge on any atom is 0.315 e. The smallest absolute Gasteiger partial charge is 0.315 e. The molecule has 11 nitrogen and oxygen atoms in total. The van der Waals surface area contributed by atoms with Crippen LogP contribution >= 0.6 is 0 Å². The number of nitrogens with two attached hydrogens (primary N) is 1. The highest BCUT2D eigenvalue weighted by Gasteiger charge is 2.47. The third-order valence-electron chi connectivity index (χ3n) is 10.0. The number of nitrogens with zero attached hydrogens (tertiary/aromatic N) is 1. The van der Waals surface area contributed by atoms with Crippen molar-refractivity contribution >= 4 is 29.5 Å². The van der Waals surface area contributed by atoms with Gasteiger partial charge in [0.1, 0.15) is 17.8 Å².